The summed E-state index contributed by atoms with van der Waals surface area (Å²) >= 11 is 5.94. The van der Waals surface area contributed by atoms with Crippen molar-refractivity contribution in [2.24, 2.45) is 0 Å². The zero-order valence-electron chi connectivity index (χ0n) is 10.6. The fourth-order valence-corrected chi connectivity index (χ4v) is 2.20. The largest absolute Gasteiger partial charge is 0.444 e. The molecule has 0 radical (unpaired) electrons. The highest BCUT2D eigenvalue weighted by Crippen LogP contribution is 2.23. The predicted octanol–water partition coefficient (Wildman–Crippen LogP) is 2.93. The monoisotopic (exact) mass is 276 g/mol. The number of nitrogen functional groups attached to an aromatic ring is 1. The number of rotatable bonds is 2. The molecule has 2 heterocycles. The van der Waals surface area contributed by atoms with Crippen LogP contribution in [0, 0.1) is 13.8 Å². The van der Waals surface area contributed by atoms with Crippen LogP contribution in [0.25, 0.3) is 11.0 Å². The molecule has 0 aliphatic heterocycles. The van der Waals surface area contributed by atoms with E-state index in [9.17, 15) is 0 Å². The number of aromatic nitrogens is 3. The van der Waals surface area contributed by atoms with E-state index in [1.54, 1.807) is 6.07 Å². The van der Waals surface area contributed by atoms with E-state index in [2.05, 4.69) is 9.97 Å². The summed E-state index contributed by atoms with van der Waals surface area (Å²) in [5, 5.41) is 0.639. The van der Waals surface area contributed by atoms with Crippen molar-refractivity contribution >= 4 is 28.6 Å². The summed E-state index contributed by atoms with van der Waals surface area (Å²) in [7, 11) is 0. The van der Waals surface area contributed by atoms with Crippen LogP contribution >= 0.6 is 11.6 Å². The molecule has 6 heteroatoms. The van der Waals surface area contributed by atoms with Gasteiger partial charge in [0.15, 0.2) is 0 Å². The predicted molar refractivity (Wildman–Crippen MR) is 74.2 cm³/mol. The van der Waals surface area contributed by atoms with E-state index in [-0.39, 0.29) is 0 Å². The Balaban J connectivity index is 2.07. The van der Waals surface area contributed by atoms with Gasteiger partial charge in [0.2, 0.25) is 11.8 Å². The van der Waals surface area contributed by atoms with Crippen LogP contribution in [0.15, 0.2) is 22.6 Å². The molecule has 3 aromatic rings. The smallest absolute Gasteiger partial charge is 0.214 e. The highest BCUT2D eigenvalue weighted by molar-refractivity contribution is 6.31. The number of nitrogens with zero attached hydrogens (tertiary/aromatic N) is 3. The maximum atomic E-state index is 5.94. The van der Waals surface area contributed by atoms with Crippen LogP contribution in [-0.2, 0) is 6.54 Å². The van der Waals surface area contributed by atoms with E-state index in [4.69, 9.17) is 21.8 Å². The van der Waals surface area contributed by atoms with E-state index in [0.717, 1.165) is 22.5 Å². The highest BCUT2D eigenvalue weighted by Gasteiger charge is 2.12. The molecule has 2 aromatic heterocycles. The van der Waals surface area contributed by atoms with Crippen molar-refractivity contribution < 1.29 is 4.42 Å². The first-order chi connectivity index (χ1) is 9.04. The van der Waals surface area contributed by atoms with Crippen molar-refractivity contribution in [3.63, 3.8) is 0 Å². The van der Waals surface area contributed by atoms with Crippen molar-refractivity contribution in [1.82, 2.24) is 14.5 Å². The Bertz CT molecular complexity index is 740. The summed E-state index contributed by atoms with van der Waals surface area (Å²) in [4.78, 5) is 8.64. The molecule has 0 aliphatic rings. The molecule has 0 aliphatic carbocycles. The number of fused-ring (bicyclic) bond motifs is 1. The van der Waals surface area contributed by atoms with Crippen LogP contribution in [0.1, 0.15) is 17.3 Å². The van der Waals surface area contributed by atoms with E-state index in [1.165, 1.54) is 0 Å². The second-order valence-electron chi connectivity index (χ2n) is 4.44. The molecular formula is C13H13ClN4O. The fraction of sp³-hybridized carbons (Fsp3) is 0.231. The Kier molecular flexibility index (Phi) is 2.71. The van der Waals surface area contributed by atoms with Crippen molar-refractivity contribution in [3.8, 4) is 0 Å². The van der Waals surface area contributed by atoms with Gasteiger partial charge in [-0.3, -0.25) is 0 Å². The number of anilines is 1. The maximum absolute atomic E-state index is 5.94. The summed E-state index contributed by atoms with van der Waals surface area (Å²) in [6.07, 6.45) is 0. The van der Waals surface area contributed by atoms with Gasteiger partial charge in [-0.15, -0.1) is 0 Å². The van der Waals surface area contributed by atoms with Crippen LogP contribution in [0.4, 0.5) is 5.95 Å². The molecule has 0 atom stereocenters. The third kappa shape index (κ3) is 2.06. The molecule has 19 heavy (non-hydrogen) atoms. The molecule has 98 valence electrons. The lowest BCUT2D eigenvalue weighted by atomic mass is 10.3. The van der Waals surface area contributed by atoms with Crippen molar-refractivity contribution in [3.05, 3.63) is 40.6 Å². The van der Waals surface area contributed by atoms with Gasteiger partial charge in [0.05, 0.1) is 16.7 Å². The molecule has 1 aromatic carbocycles. The Morgan fingerprint density at radius 3 is 2.79 bits per heavy atom. The standard InChI is InChI=1S/C13H13ClN4O/c1-7-8(2)19-12(16-7)6-18-11-4-3-9(14)5-10(11)17-13(18)15/h3-5H,6H2,1-2H3,(H2,15,17). The number of aryl methyl sites for hydroxylation is 2. The lowest BCUT2D eigenvalue weighted by molar-refractivity contribution is 0.460. The first-order valence-corrected chi connectivity index (χ1v) is 6.26. The average molecular weight is 277 g/mol. The van der Waals surface area contributed by atoms with Crippen LogP contribution in [0.5, 0.6) is 0 Å². The van der Waals surface area contributed by atoms with Gasteiger partial charge < -0.3 is 14.7 Å². The first kappa shape index (κ1) is 12.0. The highest BCUT2D eigenvalue weighted by atomic mass is 35.5. The Labute approximate surface area is 115 Å². The van der Waals surface area contributed by atoms with Crippen molar-refractivity contribution in [2.45, 2.75) is 20.4 Å². The molecule has 0 spiro atoms. The van der Waals surface area contributed by atoms with Crippen molar-refractivity contribution in [2.75, 3.05) is 5.73 Å². The third-order valence-electron chi connectivity index (χ3n) is 3.11. The maximum Gasteiger partial charge on any atom is 0.214 e. The minimum Gasteiger partial charge on any atom is -0.444 e. The van der Waals surface area contributed by atoms with Gasteiger partial charge in [-0.1, -0.05) is 11.6 Å². The number of halogens is 1. The summed E-state index contributed by atoms with van der Waals surface area (Å²) in [5.74, 6) is 1.86. The molecule has 5 nitrogen and oxygen atoms in total. The molecule has 2 N–H and O–H groups in total. The second kappa shape index (κ2) is 4.28. The lowest BCUT2D eigenvalue weighted by Crippen LogP contribution is -2.04. The van der Waals surface area contributed by atoms with E-state index in [0.29, 0.717) is 23.4 Å². The van der Waals surface area contributed by atoms with Crippen molar-refractivity contribution in [1.29, 1.82) is 0 Å². The molecule has 0 saturated heterocycles. The average Bonchev–Trinajstić information content (AvgIpc) is 2.81. The summed E-state index contributed by atoms with van der Waals surface area (Å²) in [6.45, 7) is 4.26. The fourth-order valence-electron chi connectivity index (χ4n) is 2.03. The molecule has 0 amide bonds. The van der Waals surface area contributed by atoms with Crippen LogP contribution in [0.3, 0.4) is 0 Å². The van der Waals surface area contributed by atoms with Crippen LogP contribution in [-0.4, -0.2) is 14.5 Å². The summed E-state index contributed by atoms with van der Waals surface area (Å²) in [6, 6.07) is 5.49. The van der Waals surface area contributed by atoms with Gasteiger partial charge in [-0.2, -0.15) is 0 Å². The lowest BCUT2D eigenvalue weighted by Gasteiger charge is -2.02. The zero-order valence-corrected chi connectivity index (χ0v) is 11.4. The molecule has 0 unspecified atom stereocenters. The Morgan fingerprint density at radius 1 is 1.32 bits per heavy atom. The van der Waals surface area contributed by atoms with Gasteiger partial charge in [-0.25, -0.2) is 9.97 Å². The number of benzene rings is 1. The topological polar surface area (TPSA) is 69.9 Å². The normalized spacial score (nSPS) is 11.3. The molecule has 0 bridgehead atoms. The van der Waals surface area contributed by atoms with Gasteiger partial charge in [-0.05, 0) is 32.0 Å². The molecule has 0 fully saturated rings. The number of nitrogens with two attached hydrogens (primary N) is 1. The van der Waals surface area contributed by atoms with E-state index >= 15 is 0 Å². The number of hydrogen-bond donors (Lipinski definition) is 1. The molecule has 3 rings (SSSR count). The zero-order chi connectivity index (χ0) is 13.6. The second-order valence-corrected chi connectivity index (χ2v) is 4.87. The number of hydrogen-bond acceptors (Lipinski definition) is 4. The molecular weight excluding hydrogens is 264 g/mol. The number of oxazole rings is 1. The molecule has 0 saturated carbocycles. The SMILES string of the molecule is Cc1nc(Cn2c(N)nc3cc(Cl)ccc32)oc1C. The van der Waals surface area contributed by atoms with Crippen LogP contribution in [0.2, 0.25) is 5.02 Å². The summed E-state index contributed by atoms with van der Waals surface area (Å²) < 4.78 is 7.43. The third-order valence-corrected chi connectivity index (χ3v) is 3.34. The first-order valence-electron chi connectivity index (χ1n) is 5.89. The van der Waals surface area contributed by atoms with Gasteiger partial charge >= 0.3 is 0 Å². The van der Waals surface area contributed by atoms with Gasteiger partial charge in [0.25, 0.3) is 0 Å². The van der Waals surface area contributed by atoms with E-state index < -0.39 is 0 Å². The van der Waals surface area contributed by atoms with E-state index in [1.807, 2.05) is 30.5 Å². The van der Waals surface area contributed by atoms with Crippen LogP contribution < -0.4 is 5.73 Å². The minimum absolute atomic E-state index is 0.422. The Morgan fingerprint density at radius 2 is 2.11 bits per heavy atom. The van der Waals surface area contributed by atoms with Gasteiger partial charge in [0, 0.05) is 5.02 Å². The quantitative estimate of drug-likeness (QED) is 0.781. The minimum atomic E-state index is 0.422. The summed E-state index contributed by atoms with van der Waals surface area (Å²) in [5.41, 5.74) is 8.51. The Hall–Kier alpha value is -2.01. The van der Waals surface area contributed by atoms with Gasteiger partial charge in [0.1, 0.15) is 12.3 Å². The number of imidazole rings is 1.